The minimum absolute atomic E-state index is 0.216. The molecule has 3 aromatic carbocycles. The fourth-order valence-electron chi connectivity index (χ4n) is 16.6. The van der Waals surface area contributed by atoms with Crippen molar-refractivity contribution in [3.63, 3.8) is 0 Å². The van der Waals surface area contributed by atoms with Gasteiger partial charge in [-0.1, -0.05) is 94.7 Å². The molecule has 0 atom stereocenters. The van der Waals surface area contributed by atoms with Crippen LogP contribution in [0.4, 0.5) is 0 Å². The minimum atomic E-state index is 0.216. The molecule has 0 amide bonds. The van der Waals surface area contributed by atoms with Crippen LogP contribution in [0.5, 0.6) is 0 Å². The van der Waals surface area contributed by atoms with Crippen LogP contribution in [0.3, 0.4) is 0 Å². The summed E-state index contributed by atoms with van der Waals surface area (Å²) in [4.78, 5) is 20.0. The molecule has 0 fully saturated rings. The van der Waals surface area contributed by atoms with Crippen LogP contribution < -0.4 is 104 Å². The fourth-order valence-corrected chi connectivity index (χ4v) is 16.6. The molecule has 5 aliphatic rings. The Hall–Kier alpha value is -11.6. The maximum Gasteiger partial charge on any atom is 0.401 e. The Labute approximate surface area is 622 Å². The highest BCUT2D eigenvalue weighted by molar-refractivity contribution is 6.87. The number of fused-ring (bicyclic) bond motifs is 11. The number of rotatable bonds is 5. The Bertz CT molecular complexity index is 6170. The molecule has 0 aliphatic carbocycles. The van der Waals surface area contributed by atoms with E-state index >= 15 is 0 Å². The number of furan rings is 3. The summed E-state index contributed by atoms with van der Waals surface area (Å²) in [5, 5.41) is 12.1. The van der Waals surface area contributed by atoms with Crippen molar-refractivity contribution < 1.29 is 36.1 Å². The maximum absolute atomic E-state index is 6.04. The molecule has 0 saturated heterocycles. The van der Waals surface area contributed by atoms with E-state index in [4.69, 9.17) is 13.3 Å². The molecule has 0 unspecified atom stereocenters. The quantitative estimate of drug-likeness (QED) is 0.181. The van der Waals surface area contributed by atoms with Crippen molar-refractivity contribution in [3.8, 4) is 0 Å². The fraction of sp³-hybridized carbons (Fsp3) is 0.198. The van der Waals surface area contributed by atoms with Gasteiger partial charge in [0.15, 0.2) is 59.0 Å². The van der Waals surface area contributed by atoms with Gasteiger partial charge in [0.1, 0.15) is 68.2 Å². The van der Waals surface area contributed by atoms with Crippen LogP contribution in [0.25, 0.3) is 91.3 Å². The van der Waals surface area contributed by atoms with Crippen LogP contribution in [-0.2, 0) is 35.2 Å². The second-order valence-electron chi connectivity index (χ2n) is 29.0. The third kappa shape index (κ3) is 13.6. The predicted molar refractivity (Wildman–Crippen MR) is 434 cm³/mol. The largest absolute Gasteiger partial charge is 0.455 e. The number of aryl methyl sites for hydroxylation is 7. The molecule has 18 rings (SSSR count). The number of aromatic nitrogens is 7. The van der Waals surface area contributed by atoms with E-state index in [-0.39, 0.29) is 34.2 Å². The molecular weight excluding hydrogens is 1300 g/mol. The molecule has 0 radical (unpaired) electrons. The van der Waals surface area contributed by atoms with E-state index in [9.17, 15) is 0 Å². The summed E-state index contributed by atoms with van der Waals surface area (Å²) >= 11 is 0. The molecule has 524 valence electrons. The average molecular weight is 1400 g/mol. The number of para-hydroxylation sites is 3. The van der Waals surface area contributed by atoms with Crippen LogP contribution in [0.15, 0.2) is 233 Å². The predicted octanol–water partition coefficient (Wildman–Crippen LogP) is 0.660. The lowest BCUT2D eigenvalue weighted by molar-refractivity contribution is -0.654. The second kappa shape index (κ2) is 29.8. The number of benzene rings is 3. The number of nitrogens with zero attached hydrogens (tertiary/aromatic N) is 12. The molecule has 20 heteroatoms. The van der Waals surface area contributed by atoms with Gasteiger partial charge < -0.3 is 37.3 Å². The highest BCUT2D eigenvalue weighted by atomic mass is 16.3. The zero-order valence-corrected chi connectivity index (χ0v) is 64.1. The van der Waals surface area contributed by atoms with Crippen molar-refractivity contribution in [3.05, 3.63) is 283 Å². The Morgan fingerprint density at radius 2 is 0.726 bits per heavy atom. The van der Waals surface area contributed by atoms with Gasteiger partial charge in [-0.3, -0.25) is 9.97 Å². The molecule has 0 saturated carbocycles. The normalized spacial score (nSPS) is 14.2. The summed E-state index contributed by atoms with van der Waals surface area (Å²) in [6.07, 6.45) is 27.0. The van der Waals surface area contributed by atoms with Crippen molar-refractivity contribution in [2.45, 2.75) is 48.5 Å². The van der Waals surface area contributed by atoms with E-state index in [2.05, 4.69) is 365 Å². The summed E-state index contributed by atoms with van der Waals surface area (Å²) in [5.41, 5.74) is 21.3. The van der Waals surface area contributed by atoms with Gasteiger partial charge in [-0.25, -0.2) is 22.8 Å². The van der Waals surface area contributed by atoms with E-state index in [1.54, 1.807) is 0 Å². The third-order valence-electron chi connectivity index (χ3n) is 21.6. The Kier molecular flexibility index (Phi) is 20.1. The first-order valence-electron chi connectivity index (χ1n) is 36.4. The van der Waals surface area contributed by atoms with E-state index in [1.165, 1.54) is 114 Å². The third-order valence-corrected chi connectivity index (χ3v) is 21.6. The average Bonchev–Trinajstić information content (AvgIpc) is 1.46. The summed E-state index contributed by atoms with van der Waals surface area (Å²) < 4.78 is 29.1. The van der Waals surface area contributed by atoms with Crippen molar-refractivity contribution in [1.29, 1.82) is 0 Å². The van der Waals surface area contributed by atoms with Crippen LogP contribution in [0, 0.1) is 13.8 Å². The van der Waals surface area contributed by atoms with Gasteiger partial charge in [0, 0.05) is 110 Å². The minimum Gasteiger partial charge on any atom is -0.455 e. The first kappa shape index (κ1) is 71.3. The summed E-state index contributed by atoms with van der Waals surface area (Å²) in [5.74, 6) is 0. The Morgan fingerprint density at radius 1 is 0.330 bits per heavy atom. The molecule has 10 aromatic heterocycles. The standard InChI is InChI=1S/2C19H20BN2O.C18H18BN2O.2C15H17BN3/c1-13-9-10-21(3)18(11-13)20-14(2)19-15-7-5-6-8-16(15)23-17(19)12-22(20)4;1-13-9-10-18(21(3)11-13)20-14(2)19-15-7-5-6-8-16(15)23-17(19)12-22(20)4;1-13-18-14-8-4-5-9-15(14)22-16(18)12-21(3)19(13)17-10-6-7-11-20(17)2;1-12-15-13(7-6-9-17-15)11-19(3)16(12)14-8-4-5-10-18(14)2;1-12-14-10-17-8-7-13(14)11-19(3)16(12)15-6-4-5-9-18(15)2/h2*5-12H,1-4H3;4-12H,1-3H3;2*4-11H,1-3H3/q5*+1. The molecule has 15 nitrogen and oxygen atoms in total. The second-order valence-corrected chi connectivity index (χ2v) is 29.0. The van der Waals surface area contributed by atoms with Crippen molar-refractivity contribution in [2.24, 2.45) is 35.2 Å². The molecule has 15 heterocycles. The van der Waals surface area contributed by atoms with Crippen LogP contribution >= 0.6 is 0 Å². The molecular formula is C86H92B5N12O3+5. The molecule has 0 spiro atoms. The number of hydrogen-bond acceptors (Lipinski definition) is 10. The van der Waals surface area contributed by atoms with Crippen molar-refractivity contribution in [1.82, 2.24) is 34.0 Å². The summed E-state index contributed by atoms with van der Waals surface area (Å²) in [6, 6.07) is 58.8. The van der Waals surface area contributed by atoms with Gasteiger partial charge in [0.05, 0.1) is 5.35 Å². The highest BCUT2D eigenvalue weighted by Gasteiger charge is 2.39. The van der Waals surface area contributed by atoms with Gasteiger partial charge in [-0.15, -0.1) is 0 Å². The smallest absolute Gasteiger partial charge is 0.401 e. The van der Waals surface area contributed by atoms with Gasteiger partial charge >= 0.3 is 34.2 Å². The van der Waals surface area contributed by atoms with Crippen LogP contribution in [0.1, 0.15) is 45.7 Å². The van der Waals surface area contributed by atoms with Gasteiger partial charge in [0.2, 0.25) is 0 Å². The van der Waals surface area contributed by atoms with Crippen LogP contribution in [-0.4, -0.2) is 103 Å². The van der Waals surface area contributed by atoms with Crippen molar-refractivity contribution in [2.75, 3.05) is 35.2 Å². The first-order valence-corrected chi connectivity index (χ1v) is 36.4. The van der Waals surface area contributed by atoms with E-state index < -0.39 is 0 Å². The molecule has 0 bridgehead atoms. The Balaban J connectivity index is 0.000000112. The molecule has 0 N–H and O–H groups in total. The summed E-state index contributed by atoms with van der Waals surface area (Å²) in [6.45, 7) is 16.4. The lowest BCUT2D eigenvalue weighted by atomic mass is 9.50. The zero-order chi connectivity index (χ0) is 74.4. The lowest BCUT2D eigenvalue weighted by Crippen LogP contribution is -2.62. The summed E-state index contributed by atoms with van der Waals surface area (Å²) in [7, 11) is 21.1. The SMILES string of the molecule is CC1=c2c(oc3ccccc23)=CN(C)B1c1cc(C)cc[n+]1C.CC1=c2c(oc3ccccc23)=CN(C)B1c1ccc(C)c[n+]1C.CC1=c2c(oc3ccccc23)=CN(C)B1c1cccc[n+]1C.CC1=c2cnccc2=CN(C)B1c1cccc[n+]1C.CC1=c2ncccc2=CN(C)B1c1cccc[n+]1C. The molecule has 106 heavy (non-hydrogen) atoms. The zero-order valence-electron chi connectivity index (χ0n) is 64.1. The lowest BCUT2D eigenvalue weighted by Gasteiger charge is -2.25. The van der Waals surface area contributed by atoms with Gasteiger partial charge in [-0.05, 0) is 184 Å². The maximum atomic E-state index is 6.04. The van der Waals surface area contributed by atoms with Gasteiger partial charge in [0.25, 0.3) is 0 Å². The van der Waals surface area contributed by atoms with Gasteiger partial charge in [-0.2, -0.15) is 0 Å². The van der Waals surface area contributed by atoms with Crippen LogP contribution in [0.2, 0.25) is 0 Å². The van der Waals surface area contributed by atoms with E-state index in [1.807, 2.05) is 61.1 Å². The monoisotopic (exact) mass is 1400 g/mol. The number of pyridine rings is 7. The number of hydrogen-bond donors (Lipinski definition) is 0. The van der Waals surface area contributed by atoms with Crippen molar-refractivity contribution >= 4 is 153 Å². The molecule has 5 aliphatic heterocycles. The van der Waals surface area contributed by atoms with E-state index in [0.717, 1.165) is 38.3 Å². The topological polar surface area (TPSA) is 101 Å². The van der Waals surface area contributed by atoms with E-state index in [0.29, 0.717) is 0 Å². The Morgan fingerprint density at radius 3 is 1.19 bits per heavy atom. The molecule has 13 aromatic rings. The highest BCUT2D eigenvalue weighted by Crippen LogP contribution is 2.18. The first-order chi connectivity index (χ1) is 51.1.